The van der Waals surface area contributed by atoms with Gasteiger partial charge in [-0.2, -0.15) is 4.39 Å². The molecule has 1 fully saturated rings. The number of ether oxygens (including phenoxy) is 1. The number of halogens is 2. The highest BCUT2D eigenvalue weighted by Gasteiger charge is 2.44. The third-order valence-electron chi connectivity index (χ3n) is 3.02. The van der Waals surface area contributed by atoms with Crippen LogP contribution in [0.25, 0.3) is 0 Å². The second-order valence-corrected chi connectivity index (χ2v) is 4.16. The highest BCUT2D eigenvalue weighted by atomic mass is 19.2. The summed E-state index contributed by atoms with van der Waals surface area (Å²) in [5.74, 6) is -3.64. The molecule has 3 nitrogen and oxygen atoms in total. The number of hydrogen-bond donors (Lipinski definition) is 1. The Morgan fingerprint density at radius 3 is 2.53 bits per heavy atom. The maximum absolute atomic E-state index is 13.4. The predicted octanol–water partition coefficient (Wildman–Crippen LogP) is 2.74. The molecule has 1 aromatic carbocycles. The Morgan fingerprint density at radius 2 is 1.94 bits per heavy atom. The Hall–Kier alpha value is -1.65. The van der Waals surface area contributed by atoms with E-state index < -0.39 is 23.2 Å². The Bertz CT molecular complexity index is 439. The van der Waals surface area contributed by atoms with Crippen molar-refractivity contribution in [3.63, 3.8) is 0 Å². The van der Waals surface area contributed by atoms with Gasteiger partial charge in [0.1, 0.15) is 0 Å². The van der Waals surface area contributed by atoms with Crippen LogP contribution in [0.4, 0.5) is 8.78 Å². The minimum Gasteiger partial charge on any atom is -0.478 e. The molecule has 0 bridgehead atoms. The molecule has 1 aliphatic carbocycles. The van der Waals surface area contributed by atoms with Gasteiger partial charge in [0.05, 0.1) is 0 Å². The van der Waals surface area contributed by atoms with Gasteiger partial charge >= 0.3 is 5.97 Å². The van der Waals surface area contributed by atoms with Crippen LogP contribution in [0.2, 0.25) is 0 Å². The summed E-state index contributed by atoms with van der Waals surface area (Å²) in [6, 6.07) is 3.49. The molecule has 5 heteroatoms. The van der Waals surface area contributed by atoms with Gasteiger partial charge in [0.25, 0.3) is 0 Å². The quantitative estimate of drug-likeness (QED) is 0.886. The van der Waals surface area contributed by atoms with E-state index in [9.17, 15) is 13.6 Å². The lowest BCUT2D eigenvalue weighted by molar-refractivity contribution is -0.154. The molecule has 1 aromatic rings. The normalized spacial score (nSPS) is 18.0. The zero-order chi connectivity index (χ0) is 12.5. The van der Waals surface area contributed by atoms with E-state index in [1.54, 1.807) is 0 Å². The molecule has 17 heavy (non-hydrogen) atoms. The van der Waals surface area contributed by atoms with Crippen molar-refractivity contribution in [2.24, 2.45) is 0 Å². The standard InChI is InChI=1S/C12H12F2O3/c13-8-4-3-5-9(10(8)14)17-12(11(15)16)6-1-2-7-12/h3-5H,1-2,6-7H2,(H,15,16). The monoisotopic (exact) mass is 242 g/mol. The van der Waals surface area contributed by atoms with Gasteiger partial charge in [-0.05, 0) is 37.8 Å². The van der Waals surface area contributed by atoms with Crippen LogP contribution >= 0.6 is 0 Å². The second-order valence-electron chi connectivity index (χ2n) is 4.16. The average molecular weight is 242 g/mol. The summed E-state index contributed by atoms with van der Waals surface area (Å²) in [5.41, 5.74) is -1.41. The molecule has 0 radical (unpaired) electrons. The van der Waals surface area contributed by atoms with Crippen molar-refractivity contribution in [1.82, 2.24) is 0 Å². The zero-order valence-corrected chi connectivity index (χ0v) is 9.08. The van der Waals surface area contributed by atoms with E-state index in [-0.39, 0.29) is 5.75 Å². The molecule has 1 N–H and O–H groups in total. The number of rotatable bonds is 3. The first-order chi connectivity index (χ1) is 8.05. The third-order valence-corrected chi connectivity index (χ3v) is 3.02. The highest BCUT2D eigenvalue weighted by molar-refractivity contribution is 5.78. The third kappa shape index (κ3) is 2.09. The average Bonchev–Trinajstić information content (AvgIpc) is 2.75. The van der Waals surface area contributed by atoms with Gasteiger partial charge in [-0.1, -0.05) is 6.07 Å². The molecule has 0 aliphatic heterocycles. The second kappa shape index (κ2) is 4.31. The van der Waals surface area contributed by atoms with Gasteiger partial charge < -0.3 is 9.84 Å². The SMILES string of the molecule is O=C(O)C1(Oc2cccc(F)c2F)CCCC1. The summed E-state index contributed by atoms with van der Waals surface area (Å²) in [6.45, 7) is 0. The van der Waals surface area contributed by atoms with E-state index in [1.807, 2.05) is 0 Å². The smallest absolute Gasteiger partial charge is 0.348 e. The fourth-order valence-corrected chi connectivity index (χ4v) is 2.08. The molecule has 0 saturated heterocycles. The van der Waals surface area contributed by atoms with Gasteiger partial charge in [-0.25, -0.2) is 9.18 Å². The zero-order valence-electron chi connectivity index (χ0n) is 9.08. The Balaban J connectivity index is 2.30. The van der Waals surface area contributed by atoms with Crippen LogP contribution in [-0.4, -0.2) is 16.7 Å². The van der Waals surface area contributed by atoms with E-state index in [0.717, 1.165) is 6.07 Å². The van der Waals surface area contributed by atoms with Crippen molar-refractivity contribution in [3.8, 4) is 5.75 Å². The maximum atomic E-state index is 13.4. The largest absolute Gasteiger partial charge is 0.478 e. The lowest BCUT2D eigenvalue weighted by Gasteiger charge is -2.25. The fraction of sp³-hybridized carbons (Fsp3) is 0.417. The topological polar surface area (TPSA) is 46.5 Å². The van der Waals surface area contributed by atoms with Crippen molar-refractivity contribution < 1.29 is 23.4 Å². The summed E-state index contributed by atoms with van der Waals surface area (Å²) in [7, 11) is 0. The molecule has 0 spiro atoms. The first-order valence-corrected chi connectivity index (χ1v) is 5.42. The molecule has 0 aromatic heterocycles. The minimum absolute atomic E-state index is 0.318. The number of benzene rings is 1. The van der Waals surface area contributed by atoms with Crippen LogP contribution in [0.3, 0.4) is 0 Å². The van der Waals surface area contributed by atoms with Gasteiger partial charge in [-0.15, -0.1) is 0 Å². The Labute approximate surface area is 97.0 Å². The van der Waals surface area contributed by atoms with Crippen molar-refractivity contribution in [3.05, 3.63) is 29.8 Å². The van der Waals surface area contributed by atoms with Crippen LogP contribution in [0.5, 0.6) is 5.75 Å². The maximum Gasteiger partial charge on any atom is 0.348 e. The lowest BCUT2D eigenvalue weighted by Crippen LogP contribution is -2.42. The van der Waals surface area contributed by atoms with E-state index in [2.05, 4.69) is 0 Å². The Kier molecular flexibility index (Phi) is 3.00. The molecule has 0 unspecified atom stereocenters. The molecule has 2 rings (SSSR count). The van der Waals surface area contributed by atoms with Gasteiger partial charge in [0, 0.05) is 0 Å². The van der Waals surface area contributed by atoms with Gasteiger partial charge in [-0.3, -0.25) is 0 Å². The van der Waals surface area contributed by atoms with Crippen LogP contribution in [0, 0.1) is 11.6 Å². The van der Waals surface area contributed by atoms with Crippen LogP contribution in [-0.2, 0) is 4.79 Å². The summed E-state index contributed by atoms with van der Waals surface area (Å²) >= 11 is 0. The molecule has 0 amide bonds. The van der Waals surface area contributed by atoms with Crippen molar-refractivity contribution in [2.75, 3.05) is 0 Å². The van der Waals surface area contributed by atoms with Gasteiger partial charge in [0.2, 0.25) is 11.4 Å². The van der Waals surface area contributed by atoms with Crippen LogP contribution in [0.15, 0.2) is 18.2 Å². The molecule has 1 saturated carbocycles. The number of carboxylic acid groups (broad SMARTS) is 1. The fourth-order valence-electron chi connectivity index (χ4n) is 2.08. The molecular formula is C12H12F2O3. The summed E-state index contributed by atoms with van der Waals surface area (Å²) in [4.78, 5) is 11.2. The van der Waals surface area contributed by atoms with E-state index >= 15 is 0 Å². The lowest BCUT2D eigenvalue weighted by atomic mass is 10.0. The molecule has 0 atom stereocenters. The molecule has 1 aliphatic rings. The summed E-state index contributed by atoms with van der Waals surface area (Å²) in [6.07, 6.45) is 2.06. The van der Waals surface area contributed by atoms with E-state index in [0.29, 0.717) is 25.7 Å². The van der Waals surface area contributed by atoms with Crippen molar-refractivity contribution in [1.29, 1.82) is 0 Å². The Morgan fingerprint density at radius 1 is 1.29 bits per heavy atom. The van der Waals surface area contributed by atoms with Crippen molar-refractivity contribution in [2.45, 2.75) is 31.3 Å². The van der Waals surface area contributed by atoms with Gasteiger partial charge in [0.15, 0.2) is 11.6 Å². The molecule has 0 heterocycles. The van der Waals surface area contributed by atoms with E-state index in [4.69, 9.17) is 9.84 Å². The number of carboxylic acids is 1. The summed E-state index contributed by atoms with van der Waals surface area (Å²) < 4.78 is 31.6. The number of carbonyl (C=O) groups is 1. The van der Waals surface area contributed by atoms with Crippen LogP contribution < -0.4 is 4.74 Å². The molecular weight excluding hydrogens is 230 g/mol. The highest BCUT2D eigenvalue weighted by Crippen LogP contribution is 2.35. The minimum atomic E-state index is -1.41. The predicted molar refractivity (Wildman–Crippen MR) is 55.8 cm³/mol. The van der Waals surface area contributed by atoms with E-state index in [1.165, 1.54) is 12.1 Å². The number of aliphatic carboxylic acids is 1. The van der Waals surface area contributed by atoms with Crippen molar-refractivity contribution >= 4 is 5.97 Å². The molecule has 92 valence electrons. The first-order valence-electron chi connectivity index (χ1n) is 5.42. The van der Waals surface area contributed by atoms with Crippen LogP contribution in [0.1, 0.15) is 25.7 Å². The number of hydrogen-bond acceptors (Lipinski definition) is 2. The first kappa shape index (κ1) is 11.8. The summed E-state index contributed by atoms with van der Waals surface area (Å²) in [5, 5.41) is 9.14.